The average molecular weight is 328 g/mol. The molecule has 0 fully saturated rings. The Bertz CT molecular complexity index is 654. The van der Waals surface area contributed by atoms with Gasteiger partial charge in [0, 0.05) is 0 Å². The van der Waals surface area contributed by atoms with Crippen LogP contribution in [-0.4, -0.2) is 25.0 Å². The highest BCUT2D eigenvalue weighted by atomic mass is 16.5. The molecule has 24 heavy (non-hydrogen) atoms. The SMILES string of the molecule is CCOc1ccccc1NC(=O)C(=O)Nc1ccccc1OCC. The lowest BCUT2D eigenvalue weighted by molar-refractivity contribution is -0.133. The summed E-state index contributed by atoms with van der Waals surface area (Å²) in [6.45, 7) is 4.60. The van der Waals surface area contributed by atoms with Crippen LogP contribution in [0.15, 0.2) is 48.5 Å². The maximum atomic E-state index is 12.1. The molecule has 0 aliphatic carbocycles. The van der Waals surface area contributed by atoms with Crippen LogP contribution in [-0.2, 0) is 9.59 Å². The number of para-hydroxylation sites is 4. The third-order valence-electron chi connectivity index (χ3n) is 3.08. The minimum absolute atomic E-state index is 0.442. The molecule has 2 N–H and O–H groups in total. The Morgan fingerprint density at radius 1 is 0.750 bits per heavy atom. The van der Waals surface area contributed by atoms with E-state index < -0.39 is 11.8 Å². The zero-order valence-corrected chi connectivity index (χ0v) is 13.7. The van der Waals surface area contributed by atoms with Gasteiger partial charge in [-0.2, -0.15) is 0 Å². The van der Waals surface area contributed by atoms with Crippen molar-refractivity contribution in [3.8, 4) is 11.5 Å². The van der Waals surface area contributed by atoms with E-state index in [1.807, 2.05) is 13.8 Å². The van der Waals surface area contributed by atoms with Crippen molar-refractivity contribution in [3.63, 3.8) is 0 Å². The standard InChI is InChI=1S/C18H20N2O4/c1-3-23-15-11-7-5-9-13(15)19-17(21)18(22)20-14-10-6-8-12-16(14)24-4-2/h5-12H,3-4H2,1-2H3,(H,19,21)(H,20,22). The van der Waals surface area contributed by atoms with Gasteiger partial charge in [-0.1, -0.05) is 24.3 Å². The third kappa shape index (κ3) is 4.49. The molecule has 126 valence electrons. The molecule has 6 nitrogen and oxygen atoms in total. The molecule has 0 saturated carbocycles. The van der Waals surface area contributed by atoms with E-state index >= 15 is 0 Å². The topological polar surface area (TPSA) is 76.7 Å². The van der Waals surface area contributed by atoms with Gasteiger partial charge in [0.05, 0.1) is 24.6 Å². The Balaban J connectivity index is 2.07. The number of anilines is 2. The van der Waals surface area contributed by atoms with Gasteiger partial charge in [-0.05, 0) is 38.1 Å². The summed E-state index contributed by atoms with van der Waals surface area (Å²) < 4.78 is 10.8. The van der Waals surface area contributed by atoms with Gasteiger partial charge in [-0.15, -0.1) is 0 Å². The van der Waals surface area contributed by atoms with Crippen LogP contribution in [0.25, 0.3) is 0 Å². The summed E-state index contributed by atoms with van der Waals surface area (Å²) in [5, 5.41) is 5.10. The lowest BCUT2D eigenvalue weighted by atomic mass is 10.2. The fourth-order valence-electron chi connectivity index (χ4n) is 2.06. The molecule has 6 heteroatoms. The van der Waals surface area contributed by atoms with Gasteiger partial charge in [-0.3, -0.25) is 9.59 Å². The Labute approximate surface area is 140 Å². The Morgan fingerprint density at radius 2 is 1.12 bits per heavy atom. The van der Waals surface area contributed by atoms with Gasteiger partial charge in [-0.25, -0.2) is 0 Å². The molecule has 0 heterocycles. The van der Waals surface area contributed by atoms with Crippen LogP contribution in [0, 0.1) is 0 Å². The van der Waals surface area contributed by atoms with Crippen LogP contribution in [0.5, 0.6) is 11.5 Å². The molecular weight excluding hydrogens is 308 g/mol. The van der Waals surface area contributed by atoms with Crippen molar-refractivity contribution in [2.75, 3.05) is 23.8 Å². The summed E-state index contributed by atoms with van der Waals surface area (Å²) in [4.78, 5) is 24.2. The number of ether oxygens (including phenoxy) is 2. The van der Waals surface area contributed by atoms with E-state index in [0.29, 0.717) is 36.1 Å². The monoisotopic (exact) mass is 328 g/mol. The van der Waals surface area contributed by atoms with Crippen LogP contribution < -0.4 is 20.1 Å². The van der Waals surface area contributed by atoms with E-state index in [1.54, 1.807) is 48.5 Å². The molecule has 0 saturated heterocycles. The molecule has 0 aliphatic rings. The smallest absolute Gasteiger partial charge is 0.314 e. The van der Waals surface area contributed by atoms with Gasteiger partial charge >= 0.3 is 11.8 Å². The molecule has 2 aromatic rings. The second-order valence-electron chi connectivity index (χ2n) is 4.77. The first-order valence-corrected chi connectivity index (χ1v) is 7.71. The van der Waals surface area contributed by atoms with Crippen LogP contribution in [0.3, 0.4) is 0 Å². The number of carbonyl (C=O) groups excluding carboxylic acids is 2. The number of carbonyl (C=O) groups is 2. The quantitative estimate of drug-likeness (QED) is 0.799. The number of hydrogen-bond donors (Lipinski definition) is 2. The number of hydrogen-bond acceptors (Lipinski definition) is 4. The van der Waals surface area contributed by atoms with Gasteiger partial charge in [0.2, 0.25) is 0 Å². The highest BCUT2D eigenvalue weighted by molar-refractivity contribution is 6.43. The van der Waals surface area contributed by atoms with Crippen molar-refractivity contribution in [2.24, 2.45) is 0 Å². The average Bonchev–Trinajstić information content (AvgIpc) is 2.58. The van der Waals surface area contributed by atoms with Gasteiger partial charge in [0.1, 0.15) is 11.5 Å². The van der Waals surface area contributed by atoms with Crippen molar-refractivity contribution in [1.29, 1.82) is 0 Å². The molecule has 0 radical (unpaired) electrons. The fourth-order valence-corrected chi connectivity index (χ4v) is 2.06. The molecule has 0 unspecified atom stereocenters. The summed E-state index contributed by atoms with van der Waals surface area (Å²) in [5.41, 5.74) is 0.884. The number of benzene rings is 2. The molecule has 0 bridgehead atoms. The highest BCUT2D eigenvalue weighted by Gasteiger charge is 2.17. The van der Waals surface area contributed by atoms with E-state index in [1.165, 1.54) is 0 Å². The van der Waals surface area contributed by atoms with Crippen molar-refractivity contribution >= 4 is 23.2 Å². The molecule has 0 atom stereocenters. The van der Waals surface area contributed by atoms with Crippen LogP contribution in [0.2, 0.25) is 0 Å². The first kappa shape index (κ1) is 17.3. The zero-order valence-electron chi connectivity index (χ0n) is 13.7. The number of amides is 2. The summed E-state index contributed by atoms with van der Waals surface area (Å²) >= 11 is 0. The normalized spacial score (nSPS) is 9.92. The molecule has 2 aromatic carbocycles. The molecule has 0 aliphatic heterocycles. The summed E-state index contributed by atoms with van der Waals surface area (Å²) in [5.74, 6) is -0.548. The first-order chi connectivity index (χ1) is 11.7. The third-order valence-corrected chi connectivity index (χ3v) is 3.08. The van der Waals surface area contributed by atoms with Crippen molar-refractivity contribution < 1.29 is 19.1 Å². The van der Waals surface area contributed by atoms with Crippen LogP contribution in [0.1, 0.15) is 13.8 Å². The summed E-state index contributed by atoms with van der Waals surface area (Å²) in [6.07, 6.45) is 0. The fraction of sp³-hybridized carbons (Fsp3) is 0.222. The van der Waals surface area contributed by atoms with E-state index in [-0.39, 0.29) is 0 Å². The van der Waals surface area contributed by atoms with E-state index in [0.717, 1.165) is 0 Å². The zero-order chi connectivity index (χ0) is 17.4. The maximum absolute atomic E-state index is 12.1. The molecule has 2 amide bonds. The predicted molar refractivity (Wildman–Crippen MR) is 92.5 cm³/mol. The molecular formula is C18H20N2O4. The van der Waals surface area contributed by atoms with E-state index in [2.05, 4.69) is 10.6 Å². The van der Waals surface area contributed by atoms with Gasteiger partial charge < -0.3 is 20.1 Å². The van der Waals surface area contributed by atoms with Crippen LogP contribution >= 0.6 is 0 Å². The Kier molecular flexibility index (Phi) is 6.19. The van der Waals surface area contributed by atoms with Crippen LogP contribution in [0.4, 0.5) is 11.4 Å². The minimum atomic E-state index is -0.784. The highest BCUT2D eigenvalue weighted by Crippen LogP contribution is 2.25. The first-order valence-electron chi connectivity index (χ1n) is 7.71. The summed E-state index contributed by atoms with van der Waals surface area (Å²) in [7, 11) is 0. The predicted octanol–water partition coefficient (Wildman–Crippen LogP) is 3.06. The van der Waals surface area contributed by atoms with Crippen molar-refractivity contribution in [2.45, 2.75) is 13.8 Å². The second kappa shape index (κ2) is 8.57. The summed E-state index contributed by atoms with van der Waals surface area (Å²) in [6, 6.07) is 13.9. The van der Waals surface area contributed by atoms with Gasteiger partial charge in [0.15, 0.2) is 0 Å². The molecule has 2 rings (SSSR count). The Morgan fingerprint density at radius 3 is 1.50 bits per heavy atom. The van der Waals surface area contributed by atoms with E-state index in [9.17, 15) is 9.59 Å². The van der Waals surface area contributed by atoms with Gasteiger partial charge in [0.25, 0.3) is 0 Å². The molecule has 0 spiro atoms. The maximum Gasteiger partial charge on any atom is 0.314 e. The minimum Gasteiger partial charge on any atom is -0.492 e. The lowest BCUT2D eigenvalue weighted by Crippen LogP contribution is -2.29. The van der Waals surface area contributed by atoms with E-state index in [4.69, 9.17) is 9.47 Å². The number of rotatable bonds is 6. The Hall–Kier alpha value is -3.02. The second-order valence-corrected chi connectivity index (χ2v) is 4.77. The van der Waals surface area contributed by atoms with Crippen molar-refractivity contribution in [1.82, 2.24) is 0 Å². The largest absolute Gasteiger partial charge is 0.492 e. The number of nitrogens with one attached hydrogen (secondary N) is 2. The molecule has 0 aromatic heterocycles. The van der Waals surface area contributed by atoms with Crippen molar-refractivity contribution in [3.05, 3.63) is 48.5 Å². The lowest BCUT2D eigenvalue weighted by Gasteiger charge is -2.13.